The third kappa shape index (κ3) is 2.17. The van der Waals surface area contributed by atoms with E-state index in [1.54, 1.807) is 23.1 Å². The average Bonchev–Trinajstić information content (AvgIpc) is 3.22. The molecule has 3 rings (SSSR count). The standard InChI is InChI=1S/C14H13N3O2/c15-7-10-2-1-3-11(6-10)8-17-13(18)9-16(14(17)19)12-4-5-12/h1-3,6,12H,4-5,8-9H2. The molecule has 1 saturated carbocycles. The third-order valence-corrected chi connectivity index (χ3v) is 3.47. The molecule has 3 amide bonds. The number of hydrogen-bond donors (Lipinski definition) is 0. The SMILES string of the molecule is N#Cc1cccc(CN2C(=O)CN(C3CC3)C2=O)c1. The fourth-order valence-electron chi connectivity index (χ4n) is 2.31. The van der Waals surface area contributed by atoms with Crippen LogP contribution in [0.15, 0.2) is 24.3 Å². The molecular weight excluding hydrogens is 242 g/mol. The van der Waals surface area contributed by atoms with E-state index in [1.165, 1.54) is 4.90 Å². The van der Waals surface area contributed by atoms with Crippen molar-refractivity contribution in [3.63, 3.8) is 0 Å². The summed E-state index contributed by atoms with van der Waals surface area (Å²) in [4.78, 5) is 26.9. The van der Waals surface area contributed by atoms with Gasteiger partial charge in [0, 0.05) is 6.04 Å². The summed E-state index contributed by atoms with van der Waals surface area (Å²) in [7, 11) is 0. The van der Waals surface area contributed by atoms with Gasteiger partial charge in [-0.05, 0) is 30.5 Å². The number of nitriles is 1. The lowest BCUT2D eigenvalue weighted by atomic mass is 10.1. The Morgan fingerprint density at radius 2 is 2.11 bits per heavy atom. The lowest BCUT2D eigenvalue weighted by molar-refractivity contribution is -0.125. The van der Waals surface area contributed by atoms with Crippen LogP contribution in [0, 0.1) is 11.3 Å². The Balaban J connectivity index is 1.77. The topological polar surface area (TPSA) is 64.4 Å². The van der Waals surface area contributed by atoms with Crippen LogP contribution >= 0.6 is 0 Å². The normalized spacial score (nSPS) is 18.9. The first-order chi connectivity index (χ1) is 9.19. The molecule has 0 spiro atoms. The molecule has 0 aromatic heterocycles. The molecule has 1 aromatic rings. The molecule has 2 fully saturated rings. The number of benzene rings is 1. The first kappa shape index (κ1) is 11.7. The maximum Gasteiger partial charge on any atom is 0.327 e. The number of carbonyl (C=O) groups excluding carboxylic acids is 2. The highest BCUT2D eigenvalue weighted by Gasteiger charge is 2.43. The second kappa shape index (κ2) is 4.39. The molecule has 19 heavy (non-hydrogen) atoms. The minimum atomic E-state index is -0.199. The number of amides is 3. The van der Waals surface area contributed by atoms with Crippen molar-refractivity contribution in [2.24, 2.45) is 0 Å². The van der Waals surface area contributed by atoms with E-state index in [2.05, 4.69) is 6.07 Å². The molecule has 1 heterocycles. The fraction of sp³-hybridized carbons (Fsp3) is 0.357. The van der Waals surface area contributed by atoms with E-state index >= 15 is 0 Å². The van der Waals surface area contributed by atoms with E-state index in [0.717, 1.165) is 18.4 Å². The number of urea groups is 1. The Hall–Kier alpha value is -2.35. The second-order valence-corrected chi connectivity index (χ2v) is 4.93. The van der Waals surface area contributed by atoms with Crippen molar-refractivity contribution >= 4 is 11.9 Å². The Bertz CT molecular complexity index is 587. The molecule has 1 saturated heterocycles. The number of imide groups is 1. The largest absolute Gasteiger partial charge is 0.327 e. The van der Waals surface area contributed by atoms with Crippen molar-refractivity contribution in [2.75, 3.05) is 6.54 Å². The van der Waals surface area contributed by atoms with Gasteiger partial charge in [-0.15, -0.1) is 0 Å². The number of rotatable bonds is 3. The van der Waals surface area contributed by atoms with Crippen LogP contribution in [-0.4, -0.2) is 34.3 Å². The van der Waals surface area contributed by atoms with Gasteiger partial charge in [0.15, 0.2) is 0 Å². The van der Waals surface area contributed by atoms with E-state index in [1.807, 2.05) is 6.07 Å². The molecule has 1 aliphatic heterocycles. The van der Waals surface area contributed by atoms with Gasteiger partial charge in [0.2, 0.25) is 0 Å². The molecule has 5 heteroatoms. The zero-order valence-electron chi connectivity index (χ0n) is 10.4. The van der Waals surface area contributed by atoms with Crippen molar-refractivity contribution in [1.82, 2.24) is 9.80 Å². The summed E-state index contributed by atoms with van der Waals surface area (Å²) in [6.07, 6.45) is 1.99. The van der Waals surface area contributed by atoms with Crippen molar-refractivity contribution < 1.29 is 9.59 Å². The van der Waals surface area contributed by atoms with Crippen molar-refractivity contribution in [2.45, 2.75) is 25.4 Å². The Morgan fingerprint density at radius 1 is 1.32 bits per heavy atom. The highest BCUT2D eigenvalue weighted by Crippen LogP contribution is 2.30. The molecule has 0 radical (unpaired) electrons. The van der Waals surface area contributed by atoms with Gasteiger partial charge in [-0.2, -0.15) is 5.26 Å². The second-order valence-electron chi connectivity index (χ2n) is 4.93. The van der Waals surface area contributed by atoms with Crippen LogP contribution in [0.5, 0.6) is 0 Å². The van der Waals surface area contributed by atoms with Crippen LogP contribution in [0.25, 0.3) is 0 Å². The Morgan fingerprint density at radius 3 is 2.79 bits per heavy atom. The zero-order chi connectivity index (χ0) is 13.4. The minimum Gasteiger partial charge on any atom is -0.312 e. The van der Waals surface area contributed by atoms with Crippen molar-refractivity contribution in [3.8, 4) is 6.07 Å². The number of nitrogens with zero attached hydrogens (tertiary/aromatic N) is 3. The maximum atomic E-state index is 12.1. The predicted molar refractivity (Wildman–Crippen MR) is 66.8 cm³/mol. The van der Waals surface area contributed by atoms with E-state index < -0.39 is 0 Å². The first-order valence-electron chi connectivity index (χ1n) is 6.29. The van der Waals surface area contributed by atoms with Crippen LogP contribution in [0.1, 0.15) is 24.0 Å². The summed E-state index contributed by atoms with van der Waals surface area (Å²) in [5, 5.41) is 8.84. The predicted octanol–water partition coefficient (Wildman–Crippen LogP) is 1.48. The van der Waals surface area contributed by atoms with Gasteiger partial charge in [-0.1, -0.05) is 12.1 Å². The zero-order valence-corrected chi connectivity index (χ0v) is 10.4. The van der Waals surface area contributed by atoms with Gasteiger partial charge in [0.1, 0.15) is 6.54 Å². The average molecular weight is 255 g/mol. The summed E-state index contributed by atoms with van der Waals surface area (Å²) in [6.45, 7) is 0.442. The van der Waals surface area contributed by atoms with Crippen LogP contribution in [0.4, 0.5) is 4.79 Å². The van der Waals surface area contributed by atoms with Crippen LogP contribution in [-0.2, 0) is 11.3 Å². The minimum absolute atomic E-state index is 0.153. The van der Waals surface area contributed by atoms with E-state index in [9.17, 15) is 9.59 Å². The van der Waals surface area contributed by atoms with E-state index in [0.29, 0.717) is 5.56 Å². The molecule has 5 nitrogen and oxygen atoms in total. The molecular formula is C14H13N3O2. The highest BCUT2D eigenvalue weighted by atomic mass is 16.2. The third-order valence-electron chi connectivity index (χ3n) is 3.47. The smallest absolute Gasteiger partial charge is 0.312 e. The van der Waals surface area contributed by atoms with Crippen molar-refractivity contribution in [1.29, 1.82) is 5.26 Å². The lowest BCUT2D eigenvalue weighted by Crippen LogP contribution is -2.33. The van der Waals surface area contributed by atoms with Crippen LogP contribution in [0.3, 0.4) is 0 Å². The van der Waals surface area contributed by atoms with E-state index in [-0.39, 0.29) is 31.1 Å². The van der Waals surface area contributed by atoms with E-state index in [4.69, 9.17) is 5.26 Å². The summed E-state index contributed by atoms with van der Waals surface area (Å²) in [5.41, 5.74) is 1.34. The summed E-state index contributed by atoms with van der Waals surface area (Å²) >= 11 is 0. The van der Waals surface area contributed by atoms with Crippen molar-refractivity contribution in [3.05, 3.63) is 35.4 Å². The van der Waals surface area contributed by atoms with Gasteiger partial charge >= 0.3 is 6.03 Å². The van der Waals surface area contributed by atoms with Gasteiger partial charge in [0.25, 0.3) is 5.91 Å². The van der Waals surface area contributed by atoms with Crippen LogP contribution < -0.4 is 0 Å². The molecule has 0 unspecified atom stereocenters. The van der Waals surface area contributed by atoms with Crippen LogP contribution in [0.2, 0.25) is 0 Å². The van der Waals surface area contributed by atoms with Gasteiger partial charge in [-0.3, -0.25) is 9.69 Å². The van der Waals surface area contributed by atoms with Gasteiger partial charge in [-0.25, -0.2) is 4.79 Å². The molecule has 0 N–H and O–H groups in total. The monoisotopic (exact) mass is 255 g/mol. The molecule has 2 aliphatic rings. The lowest BCUT2D eigenvalue weighted by Gasteiger charge is -2.16. The number of carbonyl (C=O) groups is 2. The molecule has 1 aliphatic carbocycles. The maximum absolute atomic E-state index is 12.1. The highest BCUT2D eigenvalue weighted by molar-refractivity contribution is 6.02. The molecule has 1 aromatic carbocycles. The molecule has 96 valence electrons. The summed E-state index contributed by atoms with van der Waals surface area (Å²) in [6, 6.07) is 9.10. The first-order valence-corrected chi connectivity index (χ1v) is 6.29. The Labute approximate surface area is 111 Å². The summed E-state index contributed by atoms with van der Waals surface area (Å²) < 4.78 is 0. The fourth-order valence-corrected chi connectivity index (χ4v) is 2.31. The molecule has 0 atom stereocenters. The summed E-state index contributed by atoms with van der Waals surface area (Å²) in [5.74, 6) is -0.153. The van der Waals surface area contributed by atoms with Gasteiger partial charge < -0.3 is 4.90 Å². The number of hydrogen-bond acceptors (Lipinski definition) is 3. The van der Waals surface area contributed by atoms with Gasteiger partial charge in [0.05, 0.1) is 18.2 Å². The molecule has 0 bridgehead atoms. The quantitative estimate of drug-likeness (QED) is 0.768. The Kier molecular flexibility index (Phi) is 2.71.